The summed E-state index contributed by atoms with van der Waals surface area (Å²) in [5.74, 6) is -1.36. The van der Waals surface area contributed by atoms with Crippen LogP contribution in [0.15, 0.2) is 22.9 Å². The fourth-order valence-electron chi connectivity index (χ4n) is 1.13. The van der Waals surface area contributed by atoms with E-state index in [1.807, 2.05) is 22.9 Å². The van der Waals surface area contributed by atoms with Gasteiger partial charge in [0.2, 0.25) is 0 Å². The zero-order valence-corrected chi connectivity index (χ0v) is 9.64. The van der Waals surface area contributed by atoms with Gasteiger partial charge in [0.15, 0.2) is 0 Å². The van der Waals surface area contributed by atoms with Gasteiger partial charge in [-0.25, -0.2) is 4.98 Å². The van der Waals surface area contributed by atoms with Gasteiger partial charge in [-0.05, 0) is 18.4 Å². The van der Waals surface area contributed by atoms with Gasteiger partial charge in [0.05, 0.1) is 10.6 Å². The van der Waals surface area contributed by atoms with E-state index in [1.165, 1.54) is 11.3 Å². The standard InChI is InChI=1S/C10H9NO2S2/c1-6(10(12)13)9-11-7(5-15-9)8-3-2-4-14-8/h2-6H,1H3,(H,12,13). The van der Waals surface area contributed by atoms with Gasteiger partial charge in [0.25, 0.3) is 0 Å². The first-order chi connectivity index (χ1) is 7.18. The third kappa shape index (κ3) is 2.08. The van der Waals surface area contributed by atoms with Gasteiger partial charge in [-0.1, -0.05) is 6.07 Å². The van der Waals surface area contributed by atoms with E-state index in [0.29, 0.717) is 5.01 Å². The van der Waals surface area contributed by atoms with Crippen molar-refractivity contribution >= 4 is 28.6 Å². The van der Waals surface area contributed by atoms with E-state index in [9.17, 15) is 4.79 Å². The lowest BCUT2D eigenvalue weighted by molar-refractivity contribution is -0.138. The fourth-order valence-corrected chi connectivity index (χ4v) is 2.76. The quantitative estimate of drug-likeness (QED) is 0.895. The predicted octanol–water partition coefficient (Wildman–Crippen LogP) is 3.06. The number of aromatic nitrogens is 1. The molecule has 5 heteroatoms. The van der Waals surface area contributed by atoms with E-state index in [-0.39, 0.29) is 0 Å². The summed E-state index contributed by atoms with van der Waals surface area (Å²) < 4.78 is 0. The lowest BCUT2D eigenvalue weighted by Crippen LogP contribution is -2.06. The van der Waals surface area contributed by atoms with Crippen LogP contribution in [0.5, 0.6) is 0 Å². The molecule has 2 heterocycles. The van der Waals surface area contributed by atoms with Gasteiger partial charge in [0.1, 0.15) is 10.9 Å². The Kier molecular flexibility index (Phi) is 2.83. The molecule has 0 bridgehead atoms. The Bertz CT molecular complexity index is 461. The lowest BCUT2D eigenvalue weighted by atomic mass is 10.2. The monoisotopic (exact) mass is 239 g/mol. The van der Waals surface area contributed by atoms with Crippen molar-refractivity contribution in [1.29, 1.82) is 0 Å². The van der Waals surface area contributed by atoms with Crippen LogP contribution in [0.4, 0.5) is 0 Å². The number of rotatable bonds is 3. The fraction of sp³-hybridized carbons (Fsp3) is 0.200. The summed E-state index contributed by atoms with van der Waals surface area (Å²) in [5.41, 5.74) is 0.873. The highest BCUT2D eigenvalue weighted by molar-refractivity contribution is 7.14. The first-order valence-corrected chi connectivity index (χ1v) is 6.16. The first kappa shape index (κ1) is 10.3. The summed E-state index contributed by atoms with van der Waals surface area (Å²) >= 11 is 3.01. The van der Waals surface area contributed by atoms with E-state index < -0.39 is 11.9 Å². The van der Waals surface area contributed by atoms with E-state index in [0.717, 1.165) is 10.6 Å². The number of hydrogen-bond acceptors (Lipinski definition) is 4. The number of thiophene rings is 1. The number of carboxylic acids is 1. The van der Waals surface area contributed by atoms with Crippen molar-refractivity contribution < 1.29 is 9.90 Å². The van der Waals surface area contributed by atoms with Crippen molar-refractivity contribution in [3.05, 3.63) is 27.9 Å². The molecule has 0 saturated carbocycles. The van der Waals surface area contributed by atoms with Crippen LogP contribution >= 0.6 is 22.7 Å². The lowest BCUT2D eigenvalue weighted by Gasteiger charge is -1.99. The third-order valence-electron chi connectivity index (χ3n) is 2.04. The summed E-state index contributed by atoms with van der Waals surface area (Å²) in [4.78, 5) is 16.2. The molecule has 1 unspecified atom stereocenters. The molecule has 0 radical (unpaired) electrons. The zero-order chi connectivity index (χ0) is 10.8. The van der Waals surface area contributed by atoms with E-state index in [2.05, 4.69) is 4.98 Å². The normalized spacial score (nSPS) is 12.6. The highest BCUT2D eigenvalue weighted by Crippen LogP contribution is 2.29. The Balaban J connectivity index is 2.28. The van der Waals surface area contributed by atoms with Gasteiger partial charge in [0, 0.05) is 5.38 Å². The topological polar surface area (TPSA) is 50.2 Å². The van der Waals surface area contributed by atoms with Crippen LogP contribution in [0, 0.1) is 0 Å². The van der Waals surface area contributed by atoms with Crippen molar-refractivity contribution in [1.82, 2.24) is 4.98 Å². The Labute approximate surface area is 95.0 Å². The van der Waals surface area contributed by atoms with Gasteiger partial charge in [-0.15, -0.1) is 22.7 Å². The number of carboxylic acid groups (broad SMARTS) is 1. The second kappa shape index (κ2) is 4.12. The minimum absolute atomic E-state index is 0.524. The molecule has 0 aliphatic carbocycles. The van der Waals surface area contributed by atoms with Crippen molar-refractivity contribution in [2.45, 2.75) is 12.8 Å². The largest absolute Gasteiger partial charge is 0.481 e. The van der Waals surface area contributed by atoms with Crippen LogP contribution < -0.4 is 0 Å². The summed E-state index contributed by atoms with van der Waals surface area (Å²) in [6.07, 6.45) is 0. The highest BCUT2D eigenvalue weighted by Gasteiger charge is 2.17. The minimum Gasteiger partial charge on any atom is -0.481 e. The molecule has 0 amide bonds. The molecule has 2 aromatic heterocycles. The molecule has 0 spiro atoms. The molecule has 1 atom stereocenters. The molecule has 0 fully saturated rings. The maximum absolute atomic E-state index is 10.8. The summed E-state index contributed by atoms with van der Waals surface area (Å²) in [5, 5.41) is 13.4. The first-order valence-electron chi connectivity index (χ1n) is 4.40. The predicted molar refractivity (Wildman–Crippen MR) is 61.5 cm³/mol. The molecule has 3 nitrogen and oxygen atoms in total. The Morgan fingerprint density at radius 3 is 2.93 bits per heavy atom. The van der Waals surface area contributed by atoms with Gasteiger partial charge < -0.3 is 5.11 Å². The van der Waals surface area contributed by atoms with Crippen molar-refractivity contribution in [2.75, 3.05) is 0 Å². The Morgan fingerprint density at radius 2 is 2.33 bits per heavy atom. The van der Waals surface area contributed by atoms with Crippen molar-refractivity contribution in [3.63, 3.8) is 0 Å². The third-order valence-corrected chi connectivity index (χ3v) is 3.96. The summed E-state index contributed by atoms with van der Waals surface area (Å²) in [7, 11) is 0. The molecule has 0 aliphatic heterocycles. The number of hydrogen-bond donors (Lipinski definition) is 1. The number of carbonyl (C=O) groups is 1. The molecule has 0 aromatic carbocycles. The van der Waals surface area contributed by atoms with Crippen LogP contribution in [0.1, 0.15) is 17.8 Å². The van der Waals surface area contributed by atoms with Crippen LogP contribution in [0.2, 0.25) is 0 Å². The number of aliphatic carboxylic acids is 1. The van der Waals surface area contributed by atoms with E-state index in [1.54, 1.807) is 18.3 Å². The second-order valence-electron chi connectivity index (χ2n) is 3.11. The molecule has 2 aromatic rings. The van der Waals surface area contributed by atoms with Crippen molar-refractivity contribution in [2.24, 2.45) is 0 Å². The average Bonchev–Trinajstić information content (AvgIpc) is 2.86. The molecular weight excluding hydrogens is 230 g/mol. The molecule has 0 saturated heterocycles. The molecule has 78 valence electrons. The smallest absolute Gasteiger partial charge is 0.313 e. The van der Waals surface area contributed by atoms with Gasteiger partial charge in [-0.2, -0.15) is 0 Å². The SMILES string of the molecule is CC(C(=O)O)c1nc(-c2cccs2)cs1. The number of nitrogens with zero attached hydrogens (tertiary/aromatic N) is 1. The van der Waals surface area contributed by atoms with E-state index >= 15 is 0 Å². The molecule has 1 N–H and O–H groups in total. The summed E-state index contributed by atoms with van der Waals surface area (Å²) in [6.45, 7) is 1.65. The Morgan fingerprint density at radius 1 is 1.53 bits per heavy atom. The van der Waals surface area contributed by atoms with Gasteiger partial charge in [-0.3, -0.25) is 4.79 Å². The van der Waals surface area contributed by atoms with Crippen LogP contribution in [0.25, 0.3) is 10.6 Å². The van der Waals surface area contributed by atoms with Crippen LogP contribution in [-0.4, -0.2) is 16.1 Å². The molecular formula is C10H9NO2S2. The molecule has 0 aliphatic rings. The number of thiazole rings is 1. The maximum Gasteiger partial charge on any atom is 0.313 e. The molecule has 2 rings (SSSR count). The average molecular weight is 239 g/mol. The highest BCUT2D eigenvalue weighted by atomic mass is 32.1. The van der Waals surface area contributed by atoms with Crippen molar-refractivity contribution in [3.8, 4) is 10.6 Å². The summed E-state index contributed by atoms with van der Waals surface area (Å²) in [6, 6.07) is 3.94. The minimum atomic E-state index is -0.831. The Hall–Kier alpha value is -1.20. The van der Waals surface area contributed by atoms with E-state index in [4.69, 9.17) is 5.11 Å². The van der Waals surface area contributed by atoms with Crippen LogP contribution in [0.3, 0.4) is 0 Å². The second-order valence-corrected chi connectivity index (χ2v) is 4.95. The zero-order valence-electron chi connectivity index (χ0n) is 8.01. The van der Waals surface area contributed by atoms with Gasteiger partial charge >= 0.3 is 5.97 Å². The van der Waals surface area contributed by atoms with Crippen LogP contribution in [-0.2, 0) is 4.79 Å². The molecule has 15 heavy (non-hydrogen) atoms. The maximum atomic E-state index is 10.8.